The number of carbonyl (C=O) groups excluding carboxylic acids is 1. The maximum atomic E-state index is 12.6. The average molecular weight is 373 g/mol. The van der Waals surface area contributed by atoms with Crippen LogP contribution in [-0.2, 0) is 9.84 Å². The lowest BCUT2D eigenvalue weighted by molar-refractivity contribution is 0.187. The van der Waals surface area contributed by atoms with Crippen LogP contribution in [0.25, 0.3) is 0 Å². The Hall–Kier alpha value is -2.41. The molecule has 0 bridgehead atoms. The molecule has 2 amide bonds. The molecule has 0 unspecified atom stereocenters. The van der Waals surface area contributed by atoms with Crippen LogP contribution in [0.4, 0.5) is 10.5 Å². The molecule has 0 aliphatic carbocycles. The molecule has 0 spiro atoms. The number of nitrogens with zero attached hydrogens (tertiary/aromatic N) is 2. The van der Waals surface area contributed by atoms with Gasteiger partial charge in [-0.2, -0.15) is 0 Å². The first-order valence-electron chi connectivity index (χ1n) is 8.69. The van der Waals surface area contributed by atoms with Crippen LogP contribution in [-0.4, -0.2) is 43.2 Å². The van der Waals surface area contributed by atoms with E-state index in [1.54, 1.807) is 41.6 Å². The Balaban J connectivity index is 1.53. The summed E-state index contributed by atoms with van der Waals surface area (Å²) in [5.41, 5.74) is 1.74. The molecule has 1 aromatic carbocycles. The van der Waals surface area contributed by atoms with Crippen LogP contribution in [0.3, 0.4) is 0 Å². The van der Waals surface area contributed by atoms with Crippen LogP contribution >= 0.6 is 0 Å². The Labute approximate surface area is 154 Å². The quantitative estimate of drug-likeness (QED) is 0.893. The average Bonchev–Trinajstić information content (AvgIpc) is 2.63. The van der Waals surface area contributed by atoms with E-state index in [0.717, 1.165) is 5.56 Å². The van der Waals surface area contributed by atoms with Crippen molar-refractivity contribution in [1.29, 1.82) is 0 Å². The summed E-state index contributed by atoms with van der Waals surface area (Å²) in [6.07, 6.45) is 4.62. The highest BCUT2D eigenvalue weighted by Crippen LogP contribution is 2.23. The molecule has 2 aromatic rings. The van der Waals surface area contributed by atoms with Gasteiger partial charge in [-0.1, -0.05) is 17.7 Å². The van der Waals surface area contributed by atoms with Gasteiger partial charge in [0.25, 0.3) is 0 Å². The summed E-state index contributed by atoms with van der Waals surface area (Å²) < 4.78 is 25.1. The molecule has 2 heterocycles. The molecule has 1 aliphatic rings. The molecule has 0 atom stereocenters. The molecule has 1 N–H and O–H groups in total. The molecule has 0 radical (unpaired) electrons. The predicted octanol–water partition coefficient (Wildman–Crippen LogP) is 3.11. The third kappa shape index (κ3) is 4.60. The molecule has 26 heavy (non-hydrogen) atoms. The zero-order valence-corrected chi connectivity index (χ0v) is 15.6. The van der Waals surface area contributed by atoms with E-state index in [9.17, 15) is 13.2 Å². The largest absolute Gasteiger partial charge is 0.325 e. The van der Waals surface area contributed by atoms with E-state index in [2.05, 4.69) is 10.3 Å². The van der Waals surface area contributed by atoms with Gasteiger partial charge in [0, 0.05) is 31.2 Å². The number of benzene rings is 1. The number of piperidine rings is 1. The van der Waals surface area contributed by atoms with Gasteiger partial charge >= 0.3 is 6.03 Å². The van der Waals surface area contributed by atoms with Crippen molar-refractivity contribution >= 4 is 21.6 Å². The normalized spacial score (nSPS) is 15.7. The molecule has 1 aliphatic heterocycles. The van der Waals surface area contributed by atoms with E-state index in [4.69, 9.17) is 0 Å². The van der Waals surface area contributed by atoms with Crippen LogP contribution in [0.2, 0.25) is 0 Å². The van der Waals surface area contributed by atoms with Crippen molar-refractivity contribution in [3.8, 4) is 0 Å². The second-order valence-corrected chi connectivity index (χ2v) is 8.73. The van der Waals surface area contributed by atoms with Crippen molar-refractivity contribution in [2.24, 2.45) is 5.92 Å². The number of carbonyl (C=O) groups is 1. The van der Waals surface area contributed by atoms with Crippen molar-refractivity contribution in [3.63, 3.8) is 0 Å². The summed E-state index contributed by atoms with van der Waals surface area (Å²) in [6.45, 7) is 3.05. The summed E-state index contributed by atoms with van der Waals surface area (Å²) >= 11 is 0. The lowest BCUT2D eigenvalue weighted by Gasteiger charge is -2.31. The number of anilines is 1. The molecular formula is C19H23N3O3S. The van der Waals surface area contributed by atoms with Crippen LogP contribution in [0.15, 0.2) is 53.7 Å². The van der Waals surface area contributed by atoms with Crippen molar-refractivity contribution in [2.75, 3.05) is 24.2 Å². The number of sulfone groups is 1. The van der Waals surface area contributed by atoms with Gasteiger partial charge in [-0.05, 0) is 49.9 Å². The fourth-order valence-corrected chi connectivity index (χ4v) is 4.79. The van der Waals surface area contributed by atoms with Gasteiger partial charge in [-0.25, -0.2) is 13.2 Å². The van der Waals surface area contributed by atoms with Gasteiger partial charge in [0.05, 0.1) is 10.6 Å². The van der Waals surface area contributed by atoms with Gasteiger partial charge in [0.1, 0.15) is 0 Å². The number of aromatic nitrogens is 1. The van der Waals surface area contributed by atoms with E-state index in [0.29, 0.717) is 36.5 Å². The Bertz CT molecular complexity index is 843. The second-order valence-electron chi connectivity index (χ2n) is 6.69. The molecule has 1 fully saturated rings. The van der Waals surface area contributed by atoms with Crippen molar-refractivity contribution in [2.45, 2.75) is 24.7 Å². The van der Waals surface area contributed by atoms with E-state index < -0.39 is 9.84 Å². The Morgan fingerprint density at radius 2 is 1.73 bits per heavy atom. The van der Waals surface area contributed by atoms with E-state index in [1.165, 1.54) is 0 Å². The number of hydrogen-bond donors (Lipinski definition) is 1. The first-order valence-corrected chi connectivity index (χ1v) is 10.3. The van der Waals surface area contributed by atoms with E-state index in [1.807, 2.05) is 19.1 Å². The number of aryl methyl sites for hydroxylation is 1. The zero-order chi connectivity index (χ0) is 18.6. The van der Waals surface area contributed by atoms with Gasteiger partial charge < -0.3 is 10.2 Å². The van der Waals surface area contributed by atoms with Crippen LogP contribution < -0.4 is 5.32 Å². The van der Waals surface area contributed by atoms with E-state index in [-0.39, 0.29) is 17.7 Å². The smallest absolute Gasteiger partial charge is 0.321 e. The minimum Gasteiger partial charge on any atom is -0.325 e. The summed E-state index contributed by atoms with van der Waals surface area (Å²) in [6, 6.07) is 10.3. The van der Waals surface area contributed by atoms with Crippen molar-refractivity contribution < 1.29 is 13.2 Å². The highest BCUT2D eigenvalue weighted by Gasteiger charge is 2.27. The molecule has 1 saturated heterocycles. The number of urea groups is 1. The summed E-state index contributed by atoms with van der Waals surface area (Å²) in [7, 11) is -3.29. The zero-order valence-electron chi connectivity index (χ0n) is 14.8. The van der Waals surface area contributed by atoms with Gasteiger partial charge in [-0.3, -0.25) is 4.98 Å². The first kappa shape index (κ1) is 18.4. The Kier molecular flexibility index (Phi) is 5.56. The molecule has 3 rings (SSSR count). The fraction of sp³-hybridized carbons (Fsp3) is 0.368. The maximum absolute atomic E-state index is 12.6. The molecule has 6 nitrogen and oxygen atoms in total. The van der Waals surface area contributed by atoms with Crippen molar-refractivity contribution in [1.82, 2.24) is 9.88 Å². The van der Waals surface area contributed by atoms with Crippen LogP contribution in [0, 0.1) is 12.8 Å². The van der Waals surface area contributed by atoms with Crippen LogP contribution in [0.1, 0.15) is 18.4 Å². The monoisotopic (exact) mass is 373 g/mol. The predicted molar refractivity (Wildman–Crippen MR) is 101 cm³/mol. The van der Waals surface area contributed by atoms with E-state index >= 15 is 0 Å². The lowest BCUT2D eigenvalue weighted by Crippen LogP contribution is -2.42. The Morgan fingerprint density at radius 3 is 2.35 bits per heavy atom. The van der Waals surface area contributed by atoms with Crippen molar-refractivity contribution in [3.05, 3.63) is 54.4 Å². The highest BCUT2D eigenvalue weighted by molar-refractivity contribution is 7.91. The summed E-state index contributed by atoms with van der Waals surface area (Å²) in [5.74, 6) is 0.210. The maximum Gasteiger partial charge on any atom is 0.321 e. The summed E-state index contributed by atoms with van der Waals surface area (Å²) in [5, 5.41) is 2.83. The number of hydrogen-bond acceptors (Lipinski definition) is 4. The molecule has 1 aromatic heterocycles. The highest BCUT2D eigenvalue weighted by atomic mass is 32.2. The number of nitrogens with one attached hydrogen (secondary N) is 1. The SMILES string of the molecule is Cc1ccc(S(=O)(=O)CC2CCN(C(=O)Nc3ccncc3)CC2)cc1. The fourth-order valence-electron chi connectivity index (χ4n) is 3.09. The van der Waals surface area contributed by atoms with Gasteiger partial charge in [0.2, 0.25) is 0 Å². The third-order valence-corrected chi connectivity index (χ3v) is 6.57. The molecule has 7 heteroatoms. The van der Waals surface area contributed by atoms with Gasteiger partial charge in [0.15, 0.2) is 9.84 Å². The summed E-state index contributed by atoms with van der Waals surface area (Å²) in [4.78, 5) is 18.3. The number of amides is 2. The standard InChI is InChI=1S/C19H23N3O3S/c1-15-2-4-18(5-3-15)26(24,25)14-16-8-12-22(13-9-16)19(23)21-17-6-10-20-11-7-17/h2-7,10-11,16H,8-9,12-14H2,1H3,(H,20,21,23). The molecule has 138 valence electrons. The number of pyridine rings is 1. The number of rotatable bonds is 4. The second kappa shape index (κ2) is 7.86. The number of likely N-dealkylation sites (tertiary alicyclic amines) is 1. The van der Waals surface area contributed by atoms with Crippen LogP contribution in [0.5, 0.6) is 0 Å². The minimum atomic E-state index is -3.29. The molecule has 0 saturated carbocycles. The van der Waals surface area contributed by atoms with Gasteiger partial charge in [-0.15, -0.1) is 0 Å². The first-order chi connectivity index (χ1) is 12.4. The lowest BCUT2D eigenvalue weighted by atomic mass is 9.99. The Morgan fingerprint density at radius 1 is 1.12 bits per heavy atom. The topological polar surface area (TPSA) is 79.4 Å². The minimum absolute atomic E-state index is 0.0753. The third-order valence-electron chi connectivity index (χ3n) is 4.67. The molecular weight excluding hydrogens is 350 g/mol.